The second-order valence-electron chi connectivity index (χ2n) is 5.16. The van der Waals surface area contributed by atoms with Crippen LogP contribution < -0.4 is 10.5 Å². The van der Waals surface area contributed by atoms with Gasteiger partial charge in [0, 0.05) is 11.1 Å². The van der Waals surface area contributed by atoms with Crippen molar-refractivity contribution in [3.8, 4) is 17.0 Å². The molecule has 0 unspecified atom stereocenters. The van der Waals surface area contributed by atoms with Crippen LogP contribution in [0.3, 0.4) is 0 Å². The molecule has 3 N–H and O–H groups in total. The highest BCUT2D eigenvalue weighted by molar-refractivity contribution is 5.83. The molecule has 7 heteroatoms. The number of ether oxygens (including phenoxy) is 1. The van der Waals surface area contributed by atoms with Crippen molar-refractivity contribution in [2.45, 2.75) is 0 Å². The van der Waals surface area contributed by atoms with Gasteiger partial charge in [-0.1, -0.05) is 42.5 Å². The Hall–Kier alpha value is -3.61. The fourth-order valence-corrected chi connectivity index (χ4v) is 2.21. The SMILES string of the molecule is Nc1nc(-c2ccccc2)cn1/N=C/c1ccccc1OCC(=O)O. The number of hydrogen-bond donors (Lipinski definition) is 2. The molecule has 2 aromatic carbocycles. The lowest BCUT2D eigenvalue weighted by molar-refractivity contribution is -0.139. The topological polar surface area (TPSA) is 103 Å². The number of para-hydroxylation sites is 1. The quantitative estimate of drug-likeness (QED) is 0.673. The minimum absolute atomic E-state index is 0.249. The number of aliphatic carboxylic acids is 1. The van der Waals surface area contributed by atoms with E-state index < -0.39 is 12.6 Å². The van der Waals surface area contributed by atoms with Crippen LogP contribution in [-0.4, -0.2) is 33.6 Å². The molecule has 3 rings (SSSR count). The monoisotopic (exact) mass is 336 g/mol. The van der Waals surface area contributed by atoms with Gasteiger partial charge in [0.15, 0.2) is 6.61 Å². The molecule has 1 aromatic heterocycles. The Morgan fingerprint density at radius 1 is 1.20 bits per heavy atom. The van der Waals surface area contributed by atoms with Crippen LogP contribution in [-0.2, 0) is 4.79 Å². The Morgan fingerprint density at radius 2 is 1.92 bits per heavy atom. The minimum atomic E-state index is -1.04. The van der Waals surface area contributed by atoms with Gasteiger partial charge in [-0.15, -0.1) is 0 Å². The standard InChI is InChI=1S/C18H16N4O3/c19-18-21-15(13-6-2-1-3-7-13)11-22(18)20-10-14-8-4-5-9-16(14)25-12-17(23)24/h1-11H,12H2,(H2,19,21)(H,23,24)/b20-10+. The summed E-state index contributed by atoms with van der Waals surface area (Å²) < 4.78 is 6.70. The maximum Gasteiger partial charge on any atom is 0.341 e. The molecule has 0 saturated carbocycles. The number of imidazole rings is 1. The summed E-state index contributed by atoms with van der Waals surface area (Å²) in [5, 5.41) is 13.0. The second-order valence-corrected chi connectivity index (χ2v) is 5.16. The van der Waals surface area contributed by atoms with E-state index in [4.69, 9.17) is 15.6 Å². The molecule has 126 valence electrons. The summed E-state index contributed by atoms with van der Waals surface area (Å²) in [7, 11) is 0. The van der Waals surface area contributed by atoms with E-state index in [1.54, 1.807) is 30.6 Å². The molecule has 7 nitrogen and oxygen atoms in total. The third kappa shape index (κ3) is 4.03. The van der Waals surface area contributed by atoms with E-state index in [0.717, 1.165) is 5.56 Å². The number of benzene rings is 2. The first-order chi connectivity index (χ1) is 12.1. The first-order valence-corrected chi connectivity index (χ1v) is 7.52. The molecular weight excluding hydrogens is 320 g/mol. The number of carboxylic acid groups (broad SMARTS) is 1. The third-order valence-electron chi connectivity index (χ3n) is 3.38. The van der Waals surface area contributed by atoms with Crippen molar-refractivity contribution in [3.05, 3.63) is 66.4 Å². The Bertz CT molecular complexity index is 904. The van der Waals surface area contributed by atoms with Gasteiger partial charge in [-0.05, 0) is 12.1 Å². The summed E-state index contributed by atoms with van der Waals surface area (Å²) in [4.78, 5) is 15.0. The van der Waals surface area contributed by atoms with E-state index in [1.165, 1.54) is 4.68 Å². The first kappa shape index (κ1) is 16.3. The molecule has 25 heavy (non-hydrogen) atoms. The number of nitrogens with two attached hydrogens (primary N) is 1. The zero-order chi connectivity index (χ0) is 17.6. The molecule has 0 saturated heterocycles. The fraction of sp³-hybridized carbons (Fsp3) is 0.0556. The number of nitrogens with zero attached hydrogens (tertiary/aromatic N) is 3. The Balaban J connectivity index is 1.83. The number of rotatable bonds is 6. The lowest BCUT2D eigenvalue weighted by Gasteiger charge is -2.06. The zero-order valence-corrected chi connectivity index (χ0v) is 13.2. The summed E-state index contributed by atoms with van der Waals surface area (Å²) in [5.41, 5.74) is 8.20. The largest absolute Gasteiger partial charge is 0.481 e. The summed E-state index contributed by atoms with van der Waals surface area (Å²) >= 11 is 0. The fourth-order valence-electron chi connectivity index (χ4n) is 2.21. The van der Waals surface area contributed by atoms with Gasteiger partial charge in [-0.3, -0.25) is 0 Å². The molecule has 0 amide bonds. The van der Waals surface area contributed by atoms with E-state index in [1.807, 2.05) is 36.4 Å². The van der Waals surface area contributed by atoms with Gasteiger partial charge in [-0.25, -0.2) is 14.5 Å². The maximum atomic E-state index is 10.7. The minimum Gasteiger partial charge on any atom is -0.481 e. The van der Waals surface area contributed by atoms with Gasteiger partial charge in [0.25, 0.3) is 0 Å². The van der Waals surface area contributed by atoms with Crippen molar-refractivity contribution in [2.75, 3.05) is 12.3 Å². The molecule has 1 heterocycles. The Kier molecular flexibility index (Phi) is 4.75. The van der Waals surface area contributed by atoms with Crippen molar-refractivity contribution < 1.29 is 14.6 Å². The predicted molar refractivity (Wildman–Crippen MR) is 94.6 cm³/mol. The molecule has 0 atom stereocenters. The van der Waals surface area contributed by atoms with Crippen molar-refractivity contribution >= 4 is 18.1 Å². The predicted octanol–water partition coefficient (Wildman–Crippen LogP) is 2.48. The Labute approximate surface area is 144 Å². The average Bonchev–Trinajstić information content (AvgIpc) is 3.00. The van der Waals surface area contributed by atoms with E-state index in [-0.39, 0.29) is 5.95 Å². The smallest absolute Gasteiger partial charge is 0.341 e. The molecule has 0 radical (unpaired) electrons. The van der Waals surface area contributed by atoms with Gasteiger partial charge >= 0.3 is 5.97 Å². The summed E-state index contributed by atoms with van der Waals surface area (Å²) in [6.45, 7) is -0.420. The van der Waals surface area contributed by atoms with Crippen LogP contribution in [0.5, 0.6) is 5.75 Å². The van der Waals surface area contributed by atoms with E-state index in [0.29, 0.717) is 17.0 Å². The highest BCUT2D eigenvalue weighted by Crippen LogP contribution is 2.20. The average molecular weight is 336 g/mol. The number of nitrogen functional groups attached to an aromatic ring is 1. The van der Waals surface area contributed by atoms with Gasteiger partial charge in [0.1, 0.15) is 5.75 Å². The second kappa shape index (κ2) is 7.31. The first-order valence-electron chi connectivity index (χ1n) is 7.52. The molecule has 0 bridgehead atoms. The Morgan fingerprint density at radius 3 is 2.68 bits per heavy atom. The number of aromatic nitrogens is 2. The van der Waals surface area contributed by atoms with Gasteiger partial charge in [-0.2, -0.15) is 5.10 Å². The van der Waals surface area contributed by atoms with E-state index in [2.05, 4.69) is 10.1 Å². The number of hydrogen-bond acceptors (Lipinski definition) is 5. The number of carbonyl (C=O) groups is 1. The normalized spacial score (nSPS) is 10.9. The lowest BCUT2D eigenvalue weighted by Crippen LogP contribution is -2.10. The number of anilines is 1. The maximum absolute atomic E-state index is 10.7. The highest BCUT2D eigenvalue weighted by Gasteiger charge is 2.07. The summed E-state index contributed by atoms with van der Waals surface area (Å²) in [6.07, 6.45) is 3.27. The lowest BCUT2D eigenvalue weighted by atomic mass is 10.2. The summed E-state index contributed by atoms with van der Waals surface area (Å²) in [5.74, 6) is -0.368. The molecular formula is C18H16N4O3. The van der Waals surface area contributed by atoms with Gasteiger partial charge in [0.2, 0.25) is 5.95 Å². The van der Waals surface area contributed by atoms with Crippen molar-refractivity contribution in [2.24, 2.45) is 5.10 Å². The van der Waals surface area contributed by atoms with Crippen LogP contribution in [0, 0.1) is 0 Å². The van der Waals surface area contributed by atoms with Gasteiger partial charge < -0.3 is 15.6 Å². The van der Waals surface area contributed by atoms with Crippen LogP contribution in [0.4, 0.5) is 5.95 Å². The molecule has 0 aliphatic rings. The van der Waals surface area contributed by atoms with Gasteiger partial charge in [0.05, 0.1) is 18.1 Å². The zero-order valence-electron chi connectivity index (χ0n) is 13.2. The molecule has 0 aliphatic heterocycles. The number of carboxylic acids is 1. The summed E-state index contributed by atoms with van der Waals surface area (Å²) in [6, 6.07) is 16.7. The van der Waals surface area contributed by atoms with Crippen molar-refractivity contribution in [3.63, 3.8) is 0 Å². The van der Waals surface area contributed by atoms with Crippen molar-refractivity contribution in [1.29, 1.82) is 0 Å². The molecule has 0 aliphatic carbocycles. The van der Waals surface area contributed by atoms with Crippen LogP contribution >= 0.6 is 0 Å². The highest BCUT2D eigenvalue weighted by atomic mass is 16.5. The van der Waals surface area contributed by atoms with Crippen molar-refractivity contribution in [1.82, 2.24) is 9.66 Å². The van der Waals surface area contributed by atoms with E-state index in [9.17, 15) is 4.79 Å². The third-order valence-corrected chi connectivity index (χ3v) is 3.38. The van der Waals surface area contributed by atoms with Crippen LogP contribution in [0.15, 0.2) is 65.9 Å². The molecule has 0 spiro atoms. The van der Waals surface area contributed by atoms with Crippen LogP contribution in [0.25, 0.3) is 11.3 Å². The molecule has 0 fully saturated rings. The molecule has 3 aromatic rings. The van der Waals surface area contributed by atoms with Crippen LogP contribution in [0.1, 0.15) is 5.56 Å². The van der Waals surface area contributed by atoms with Crippen LogP contribution in [0.2, 0.25) is 0 Å². The van der Waals surface area contributed by atoms with E-state index >= 15 is 0 Å².